The van der Waals surface area contributed by atoms with Crippen LogP contribution in [0.4, 0.5) is 4.39 Å². The van der Waals surface area contributed by atoms with Gasteiger partial charge < -0.3 is 9.47 Å². The van der Waals surface area contributed by atoms with E-state index >= 15 is 0 Å². The van der Waals surface area contributed by atoms with Crippen LogP contribution in [0.15, 0.2) is 18.2 Å². The van der Waals surface area contributed by atoms with Crippen molar-refractivity contribution in [1.82, 2.24) is 0 Å². The van der Waals surface area contributed by atoms with Gasteiger partial charge in [-0.15, -0.1) is 0 Å². The number of ether oxygens (including phenoxy) is 2. The van der Waals surface area contributed by atoms with Crippen LogP contribution < -0.4 is 4.74 Å². The molecule has 3 nitrogen and oxygen atoms in total. The normalized spacial score (nSPS) is 12.3. The second-order valence-corrected chi connectivity index (χ2v) is 3.12. The fourth-order valence-corrected chi connectivity index (χ4v) is 1.38. The molecule has 0 heterocycles. The van der Waals surface area contributed by atoms with Gasteiger partial charge in [-0.3, -0.25) is 4.79 Å². The summed E-state index contributed by atoms with van der Waals surface area (Å²) in [6.45, 7) is 1.40. The molecule has 0 spiro atoms. The number of ketones is 1. The molecule has 0 N–H and O–H groups in total. The highest BCUT2D eigenvalue weighted by Gasteiger charge is 2.17. The van der Waals surface area contributed by atoms with Gasteiger partial charge in [0.2, 0.25) is 0 Å². The molecule has 0 aliphatic rings. The van der Waals surface area contributed by atoms with E-state index in [1.54, 1.807) is 6.07 Å². The Hall–Kier alpha value is -1.42. The molecule has 0 amide bonds. The molecule has 0 bridgehead atoms. The van der Waals surface area contributed by atoms with Gasteiger partial charge in [0.05, 0.1) is 7.11 Å². The molecule has 0 fully saturated rings. The predicted molar refractivity (Wildman–Crippen MR) is 53.4 cm³/mol. The summed E-state index contributed by atoms with van der Waals surface area (Å²) in [4.78, 5) is 11.2. The third-order valence-electron chi connectivity index (χ3n) is 2.08. The van der Waals surface area contributed by atoms with Gasteiger partial charge in [0.15, 0.2) is 17.3 Å². The number of hydrogen-bond donors (Lipinski definition) is 0. The van der Waals surface area contributed by atoms with E-state index in [4.69, 9.17) is 9.47 Å². The smallest absolute Gasteiger partial charge is 0.165 e. The number of carbonyl (C=O) groups is 1. The molecular weight excluding hydrogens is 199 g/mol. The third kappa shape index (κ3) is 2.53. The van der Waals surface area contributed by atoms with Crippen LogP contribution in [0.1, 0.15) is 18.6 Å². The second kappa shape index (κ2) is 4.89. The Balaban J connectivity index is 3.05. The lowest BCUT2D eigenvalue weighted by Gasteiger charge is -2.13. The van der Waals surface area contributed by atoms with Crippen molar-refractivity contribution < 1.29 is 18.7 Å². The van der Waals surface area contributed by atoms with Gasteiger partial charge in [0.1, 0.15) is 6.10 Å². The van der Waals surface area contributed by atoms with E-state index in [1.807, 2.05) is 0 Å². The largest absolute Gasteiger partial charge is 0.494 e. The van der Waals surface area contributed by atoms with Gasteiger partial charge in [-0.1, -0.05) is 6.07 Å². The lowest BCUT2D eigenvalue weighted by molar-refractivity contribution is -0.126. The number of carbonyl (C=O) groups excluding carboxylic acids is 1. The zero-order valence-electron chi connectivity index (χ0n) is 8.91. The SMILES string of the molecule is COc1ccc(C(OC)C(C)=O)cc1F. The fraction of sp³-hybridized carbons (Fsp3) is 0.364. The van der Waals surface area contributed by atoms with E-state index in [1.165, 1.54) is 33.3 Å². The lowest BCUT2D eigenvalue weighted by Crippen LogP contribution is -2.11. The van der Waals surface area contributed by atoms with Crippen molar-refractivity contribution >= 4 is 5.78 Å². The highest BCUT2D eigenvalue weighted by atomic mass is 19.1. The maximum absolute atomic E-state index is 13.3. The molecule has 1 aromatic carbocycles. The van der Waals surface area contributed by atoms with Crippen molar-refractivity contribution in [3.05, 3.63) is 29.6 Å². The number of benzene rings is 1. The maximum atomic E-state index is 13.3. The summed E-state index contributed by atoms with van der Waals surface area (Å²) in [5.74, 6) is -0.516. The highest BCUT2D eigenvalue weighted by molar-refractivity contribution is 5.81. The average Bonchev–Trinajstić information content (AvgIpc) is 2.18. The summed E-state index contributed by atoms with van der Waals surface area (Å²) in [6, 6.07) is 4.32. The van der Waals surface area contributed by atoms with E-state index in [0.717, 1.165) is 0 Å². The molecule has 0 saturated carbocycles. The summed E-state index contributed by atoms with van der Waals surface area (Å²) in [7, 11) is 2.80. The van der Waals surface area contributed by atoms with Gasteiger partial charge in [-0.05, 0) is 24.6 Å². The first kappa shape index (κ1) is 11.7. The summed E-state index contributed by atoms with van der Waals surface area (Å²) in [5.41, 5.74) is 0.489. The van der Waals surface area contributed by atoms with Gasteiger partial charge in [-0.25, -0.2) is 4.39 Å². The minimum absolute atomic E-state index is 0.150. The zero-order chi connectivity index (χ0) is 11.4. The molecule has 0 aliphatic heterocycles. The number of halogens is 1. The molecule has 0 aromatic heterocycles. The van der Waals surface area contributed by atoms with Crippen LogP contribution in [-0.4, -0.2) is 20.0 Å². The van der Waals surface area contributed by atoms with Gasteiger partial charge >= 0.3 is 0 Å². The lowest BCUT2D eigenvalue weighted by atomic mass is 10.1. The Morgan fingerprint density at radius 1 is 1.40 bits per heavy atom. The Morgan fingerprint density at radius 2 is 2.07 bits per heavy atom. The average molecular weight is 212 g/mol. The molecule has 1 atom stereocenters. The van der Waals surface area contributed by atoms with Crippen molar-refractivity contribution in [2.24, 2.45) is 0 Å². The second-order valence-electron chi connectivity index (χ2n) is 3.12. The van der Waals surface area contributed by atoms with Crippen molar-refractivity contribution in [1.29, 1.82) is 0 Å². The first-order valence-corrected chi connectivity index (χ1v) is 4.46. The highest BCUT2D eigenvalue weighted by Crippen LogP contribution is 2.23. The zero-order valence-corrected chi connectivity index (χ0v) is 8.91. The van der Waals surface area contributed by atoms with E-state index in [2.05, 4.69) is 0 Å². The molecule has 1 rings (SSSR count). The molecule has 0 saturated heterocycles. The molecule has 0 radical (unpaired) electrons. The van der Waals surface area contributed by atoms with Crippen LogP contribution in [0.5, 0.6) is 5.75 Å². The van der Waals surface area contributed by atoms with Crippen LogP contribution in [0, 0.1) is 5.82 Å². The monoisotopic (exact) mass is 212 g/mol. The number of rotatable bonds is 4. The molecule has 82 valence electrons. The maximum Gasteiger partial charge on any atom is 0.165 e. The summed E-state index contributed by atoms with van der Waals surface area (Å²) < 4.78 is 23.1. The summed E-state index contributed by atoms with van der Waals surface area (Å²) >= 11 is 0. The number of Topliss-reactive ketones (excluding diaryl/α,β-unsaturated/α-hetero) is 1. The van der Waals surface area contributed by atoms with Crippen molar-refractivity contribution in [2.45, 2.75) is 13.0 Å². The Morgan fingerprint density at radius 3 is 2.47 bits per heavy atom. The molecular formula is C11H13FO3. The molecule has 15 heavy (non-hydrogen) atoms. The Labute approximate surface area is 87.8 Å². The van der Waals surface area contributed by atoms with E-state index in [0.29, 0.717) is 5.56 Å². The van der Waals surface area contributed by atoms with Gasteiger partial charge in [0, 0.05) is 7.11 Å². The number of hydrogen-bond acceptors (Lipinski definition) is 3. The molecule has 4 heteroatoms. The summed E-state index contributed by atoms with van der Waals surface area (Å²) in [6.07, 6.45) is -0.717. The van der Waals surface area contributed by atoms with Crippen molar-refractivity contribution in [3.8, 4) is 5.75 Å². The van der Waals surface area contributed by atoms with Crippen LogP contribution >= 0.6 is 0 Å². The van der Waals surface area contributed by atoms with E-state index in [-0.39, 0.29) is 11.5 Å². The quantitative estimate of drug-likeness (QED) is 0.766. The number of methoxy groups -OCH3 is 2. The topological polar surface area (TPSA) is 35.5 Å². The van der Waals surface area contributed by atoms with Crippen LogP contribution in [0.3, 0.4) is 0 Å². The Bertz CT molecular complexity index is 363. The predicted octanol–water partition coefficient (Wildman–Crippen LogP) is 2.11. The molecule has 0 aliphatic carbocycles. The van der Waals surface area contributed by atoms with Crippen molar-refractivity contribution in [3.63, 3.8) is 0 Å². The van der Waals surface area contributed by atoms with Crippen LogP contribution in [0.25, 0.3) is 0 Å². The van der Waals surface area contributed by atoms with Crippen LogP contribution in [-0.2, 0) is 9.53 Å². The first-order valence-electron chi connectivity index (χ1n) is 4.46. The van der Waals surface area contributed by atoms with Gasteiger partial charge in [-0.2, -0.15) is 0 Å². The van der Waals surface area contributed by atoms with Crippen LogP contribution in [0.2, 0.25) is 0 Å². The standard InChI is InChI=1S/C11H13FO3/c1-7(13)11(15-3)8-4-5-10(14-2)9(12)6-8/h4-6,11H,1-3H3. The van der Waals surface area contributed by atoms with Gasteiger partial charge in [0.25, 0.3) is 0 Å². The fourth-order valence-electron chi connectivity index (χ4n) is 1.38. The minimum Gasteiger partial charge on any atom is -0.494 e. The summed E-state index contributed by atoms with van der Waals surface area (Å²) in [5, 5.41) is 0. The third-order valence-corrected chi connectivity index (χ3v) is 2.08. The van der Waals surface area contributed by atoms with E-state index in [9.17, 15) is 9.18 Å². The van der Waals surface area contributed by atoms with Crippen molar-refractivity contribution in [2.75, 3.05) is 14.2 Å². The first-order chi connectivity index (χ1) is 7.10. The Kier molecular flexibility index (Phi) is 3.80. The van der Waals surface area contributed by atoms with E-state index < -0.39 is 11.9 Å². The molecule has 1 unspecified atom stereocenters. The minimum atomic E-state index is -0.717. The molecule has 1 aromatic rings.